The summed E-state index contributed by atoms with van der Waals surface area (Å²) in [6.45, 7) is 6.97. The number of rotatable bonds is 3. The van der Waals surface area contributed by atoms with Gasteiger partial charge in [0.05, 0.1) is 5.92 Å². The standard InChI is InChI=1S/C21H32O2/c1-4-21(14(3)9-16-7-13(2)8-18(21)11-16)23-20(22)19-12-15-5-6-17(19)10-15/h5-6,13-19H,4,7-12H2,1-3H3. The normalized spacial score (nSPS) is 51.0. The number of fused-ring (bicyclic) bond motifs is 4. The summed E-state index contributed by atoms with van der Waals surface area (Å²) in [6.07, 6.45) is 12.9. The van der Waals surface area contributed by atoms with E-state index in [-0.39, 0.29) is 17.5 Å². The van der Waals surface area contributed by atoms with Gasteiger partial charge in [-0.2, -0.15) is 0 Å². The number of hydrogen-bond acceptors (Lipinski definition) is 2. The molecule has 0 aromatic carbocycles. The molecule has 0 N–H and O–H groups in total. The summed E-state index contributed by atoms with van der Waals surface area (Å²) in [4.78, 5) is 13.0. The van der Waals surface area contributed by atoms with Crippen LogP contribution in [-0.2, 0) is 9.53 Å². The molecule has 4 bridgehead atoms. The Bertz CT molecular complexity index is 506. The van der Waals surface area contributed by atoms with Crippen LogP contribution >= 0.6 is 0 Å². The fourth-order valence-electron chi connectivity index (χ4n) is 6.65. The van der Waals surface area contributed by atoms with Gasteiger partial charge in [0.1, 0.15) is 5.60 Å². The Balaban J connectivity index is 1.54. The van der Waals surface area contributed by atoms with Crippen LogP contribution in [-0.4, -0.2) is 11.6 Å². The van der Waals surface area contributed by atoms with Gasteiger partial charge in [-0.15, -0.1) is 0 Å². The monoisotopic (exact) mass is 316 g/mol. The SMILES string of the molecule is CCC1(OC(=O)C2CC3C=CC2C3)C(C)CC2CC(C)CC1C2. The molecule has 0 aromatic rings. The minimum Gasteiger partial charge on any atom is -0.458 e. The second-order valence-electron chi connectivity index (χ2n) is 9.13. The predicted octanol–water partition coefficient (Wildman–Crippen LogP) is 4.98. The van der Waals surface area contributed by atoms with Crippen LogP contribution in [0.3, 0.4) is 0 Å². The Morgan fingerprint density at radius 2 is 1.91 bits per heavy atom. The van der Waals surface area contributed by atoms with Crippen molar-refractivity contribution < 1.29 is 9.53 Å². The van der Waals surface area contributed by atoms with Crippen LogP contribution in [0.25, 0.3) is 0 Å². The minimum absolute atomic E-state index is 0.118. The molecule has 128 valence electrons. The molecular formula is C21H32O2. The van der Waals surface area contributed by atoms with Gasteiger partial charge in [-0.05, 0) is 80.5 Å². The highest BCUT2D eigenvalue weighted by Gasteiger charge is 2.53. The zero-order valence-electron chi connectivity index (χ0n) is 15.0. The molecule has 0 heterocycles. The number of allylic oxidation sites excluding steroid dienone is 2. The average Bonchev–Trinajstić information content (AvgIpc) is 3.13. The van der Waals surface area contributed by atoms with Crippen LogP contribution in [0.1, 0.15) is 65.7 Å². The molecule has 0 spiro atoms. The van der Waals surface area contributed by atoms with Gasteiger partial charge in [0.25, 0.3) is 0 Å². The molecular weight excluding hydrogens is 284 g/mol. The van der Waals surface area contributed by atoms with E-state index in [9.17, 15) is 4.79 Å². The highest BCUT2D eigenvalue weighted by atomic mass is 16.6. The van der Waals surface area contributed by atoms with Crippen molar-refractivity contribution in [1.29, 1.82) is 0 Å². The van der Waals surface area contributed by atoms with Crippen molar-refractivity contribution >= 4 is 5.97 Å². The number of esters is 1. The maximum absolute atomic E-state index is 13.0. The zero-order chi connectivity index (χ0) is 16.2. The van der Waals surface area contributed by atoms with E-state index in [0.717, 1.165) is 24.7 Å². The minimum atomic E-state index is -0.187. The number of ether oxygens (including phenoxy) is 1. The third-order valence-corrected chi connectivity index (χ3v) is 7.68. The van der Waals surface area contributed by atoms with Crippen LogP contribution in [0.15, 0.2) is 12.2 Å². The smallest absolute Gasteiger partial charge is 0.310 e. The third kappa shape index (κ3) is 2.48. The van der Waals surface area contributed by atoms with Crippen molar-refractivity contribution in [3.8, 4) is 0 Å². The van der Waals surface area contributed by atoms with Crippen molar-refractivity contribution in [2.24, 2.45) is 41.4 Å². The highest BCUT2D eigenvalue weighted by molar-refractivity contribution is 5.74. The van der Waals surface area contributed by atoms with Crippen molar-refractivity contribution in [1.82, 2.24) is 0 Å². The Labute approximate surface area is 141 Å². The quantitative estimate of drug-likeness (QED) is 0.542. The lowest BCUT2D eigenvalue weighted by molar-refractivity contribution is -0.196. The van der Waals surface area contributed by atoms with E-state index in [2.05, 4.69) is 32.9 Å². The number of hydrogen-bond donors (Lipinski definition) is 0. The Hall–Kier alpha value is -0.790. The van der Waals surface area contributed by atoms with Crippen molar-refractivity contribution in [2.75, 3.05) is 0 Å². The molecule has 3 saturated carbocycles. The topological polar surface area (TPSA) is 26.3 Å². The molecule has 0 aliphatic heterocycles. The molecule has 8 atom stereocenters. The molecule has 23 heavy (non-hydrogen) atoms. The Morgan fingerprint density at radius 1 is 1.09 bits per heavy atom. The molecule has 0 radical (unpaired) electrons. The first-order valence-corrected chi connectivity index (χ1v) is 9.93. The van der Waals surface area contributed by atoms with Gasteiger partial charge < -0.3 is 4.74 Å². The zero-order valence-corrected chi connectivity index (χ0v) is 15.0. The van der Waals surface area contributed by atoms with E-state index in [4.69, 9.17) is 4.74 Å². The van der Waals surface area contributed by atoms with E-state index in [0.29, 0.717) is 23.7 Å². The summed E-state index contributed by atoms with van der Waals surface area (Å²) in [6, 6.07) is 0. The highest BCUT2D eigenvalue weighted by Crippen LogP contribution is 2.54. The van der Waals surface area contributed by atoms with E-state index < -0.39 is 0 Å². The largest absolute Gasteiger partial charge is 0.458 e. The summed E-state index contributed by atoms with van der Waals surface area (Å²) in [5.41, 5.74) is -0.187. The van der Waals surface area contributed by atoms with Crippen LogP contribution in [0.5, 0.6) is 0 Å². The first-order valence-electron chi connectivity index (χ1n) is 9.93. The molecule has 4 aliphatic rings. The Morgan fingerprint density at radius 3 is 2.57 bits per heavy atom. The molecule has 4 aliphatic carbocycles. The average molecular weight is 316 g/mol. The first-order chi connectivity index (χ1) is 11.0. The molecule has 3 fully saturated rings. The van der Waals surface area contributed by atoms with Gasteiger partial charge in [0.15, 0.2) is 0 Å². The summed E-state index contributed by atoms with van der Waals surface area (Å²) in [5, 5.41) is 0. The molecule has 8 unspecified atom stereocenters. The van der Waals surface area contributed by atoms with E-state index in [1.807, 2.05) is 0 Å². The molecule has 4 rings (SSSR count). The maximum atomic E-state index is 13.0. The van der Waals surface area contributed by atoms with Crippen molar-refractivity contribution in [2.45, 2.75) is 71.3 Å². The van der Waals surface area contributed by atoms with Crippen LogP contribution < -0.4 is 0 Å². The molecule has 2 heteroatoms. The summed E-state index contributed by atoms with van der Waals surface area (Å²) in [7, 11) is 0. The molecule has 0 amide bonds. The second-order valence-corrected chi connectivity index (χ2v) is 9.13. The van der Waals surface area contributed by atoms with E-state index in [1.165, 1.54) is 32.1 Å². The van der Waals surface area contributed by atoms with Crippen molar-refractivity contribution in [3.63, 3.8) is 0 Å². The van der Waals surface area contributed by atoms with Crippen LogP contribution in [0.4, 0.5) is 0 Å². The van der Waals surface area contributed by atoms with Gasteiger partial charge >= 0.3 is 5.97 Å². The van der Waals surface area contributed by atoms with Gasteiger partial charge in [-0.25, -0.2) is 0 Å². The van der Waals surface area contributed by atoms with Crippen LogP contribution in [0, 0.1) is 41.4 Å². The van der Waals surface area contributed by atoms with E-state index in [1.54, 1.807) is 0 Å². The van der Waals surface area contributed by atoms with E-state index >= 15 is 0 Å². The fourth-order valence-corrected chi connectivity index (χ4v) is 6.65. The summed E-state index contributed by atoms with van der Waals surface area (Å²) >= 11 is 0. The molecule has 0 aromatic heterocycles. The lowest BCUT2D eigenvalue weighted by Gasteiger charge is -2.54. The fraction of sp³-hybridized carbons (Fsp3) is 0.857. The first kappa shape index (κ1) is 15.7. The second kappa shape index (κ2) is 5.63. The molecule has 2 nitrogen and oxygen atoms in total. The molecule has 0 saturated heterocycles. The lowest BCUT2D eigenvalue weighted by Crippen LogP contribution is -2.54. The van der Waals surface area contributed by atoms with Gasteiger partial charge in [0, 0.05) is 0 Å². The lowest BCUT2D eigenvalue weighted by atomic mass is 9.57. The van der Waals surface area contributed by atoms with Crippen LogP contribution in [0.2, 0.25) is 0 Å². The number of carbonyl (C=O) groups excluding carboxylic acids is 1. The Kier molecular flexibility index (Phi) is 3.85. The predicted molar refractivity (Wildman–Crippen MR) is 91.7 cm³/mol. The summed E-state index contributed by atoms with van der Waals surface area (Å²) in [5.74, 6) is 4.11. The van der Waals surface area contributed by atoms with Crippen molar-refractivity contribution in [3.05, 3.63) is 12.2 Å². The van der Waals surface area contributed by atoms with Gasteiger partial charge in [-0.3, -0.25) is 4.79 Å². The third-order valence-electron chi connectivity index (χ3n) is 7.68. The van der Waals surface area contributed by atoms with Gasteiger partial charge in [-0.1, -0.05) is 32.9 Å². The maximum Gasteiger partial charge on any atom is 0.310 e. The van der Waals surface area contributed by atoms with Gasteiger partial charge in [0.2, 0.25) is 0 Å². The summed E-state index contributed by atoms with van der Waals surface area (Å²) < 4.78 is 6.44. The number of carbonyl (C=O) groups is 1.